The van der Waals surface area contributed by atoms with E-state index in [9.17, 15) is 14.4 Å². The van der Waals surface area contributed by atoms with Gasteiger partial charge >= 0.3 is 0 Å². The summed E-state index contributed by atoms with van der Waals surface area (Å²) >= 11 is 6.55. The lowest BCUT2D eigenvalue weighted by atomic mass is 10.1. The van der Waals surface area contributed by atoms with E-state index >= 15 is 0 Å². The highest BCUT2D eigenvalue weighted by molar-refractivity contribution is 8.27. The van der Waals surface area contributed by atoms with Crippen molar-refractivity contribution in [2.24, 2.45) is 0 Å². The summed E-state index contributed by atoms with van der Waals surface area (Å²) in [5.41, 5.74) is 3.10. The molecule has 2 aromatic carbocycles. The van der Waals surface area contributed by atoms with Crippen LogP contribution in [0.15, 0.2) is 53.4 Å². The second-order valence-electron chi connectivity index (χ2n) is 6.32. The largest absolute Gasteiger partial charge is 0.326 e. The van der Waals surface area contributed by atoms with E-state index in [0.717, 1.165) is 23.0 Å². The molecule has 0 spiro atoms. The Morgan fingerprint density at radius 3 is 2.39 bits per heavy atom. The Labute approximate surface area is 171 Å². The van der Waals surface area contributed by atoms with Crippen LogP contribution in [0.3, 0.4) is 0 Å². The molecule has 1 saturated heterocycles. The van der Waals surface area contributed by atoms with E-state index in [4.69, 9.17) is 12.2 Å². The molecule has 140 valence electrons. The lowest BCUT2D eigenvalue weighted by Crippen LogP contribution is -2.28. The summed E-state index contributed by atoms with van der Waals surface area (Å²) < 4.78 is 0.361. The fraction of sp³-hybridized carbons (Fsp3) is 0.100. The van der Waals surface area contributed by atoms with Gasteiger partial charge in [0.15, 0.2) is 4.32 Å². The van der Waals surface area contributed by atoms with Gasteiger partial charge in [-0.05, 0) is 30.3 Å². The van der Waals surface area contributed by atoms with Crippen molar-refractivity contribution >= 4 is 68.7 Å². The first kappa shape index (κ1) is 18.4. The lowest BCUT2D eigenvalue weighted by molar-refractivity contribution is -0.115. The van der Waals surface area contributed by atoms with Crippen molar-refractivity contribution in [2.75, 3.05) is 22.2 Å². The first-order chi connectivity index (χ1) is 13.4. The minimum absolute atomic E-state index is 0.175. The molecule has 2 aromatic rings. The van der Waals surface area contributed by atoms with Crippen LogP contribution in [-0.4, -0.2) is 29.1 Å². The summed E-state index contributed by atoms with van der Waals surface area (Å²) in [6.07, 6.45) is 0. The summed E-state index contributed by atoms with van der Waals surface area (Å²) in [5, 5.41) is 2.68. The Balaban J connectivity index is 1.73. The number of amides is 3. The van der Waals surface area contributed by atoms with Crippen LogP contribution in [0.5, 0.6) is 0 Å². The van der Waals surface area contributed by atoms with Gasteiger partial charge in [0.05, 0.1) is 21.9 Å². The van der Waals surface area contributed by atoms with Gasteiger partial charge < -0.3 is 10.2 Å². The highest BCUT2D eigenvalue weighted by atomic mass is 32.2. The normalized spacial score (nSPS) is 18.7. The molecule has 2 heterocycles. The predicted octanol–water partition coefficient (Wildman–Crippen LogP) is 3.40. The second kappa shape index (κ2) is 6.88. The van der Waals surface area contributed by atoms with E-state index in [-0.39, 0.29) is 17.7 Å². The van der Waals surface area contributed by atoms with Crippen molar-refractivity contribution in [3.63, 3.8) is 0 Å². The number of rotatable bonds is 2. The molecule has 2 aliphatic rings. The molecule has 1 fully saturated rings. The molecule has 0 aliphatic carbocycles. The highest BCUT2D eigenvalue weighted by Crippen LogP contribution is 2.45. The van der Waals surface area contributed by atoms with E-state index < -0.39 is 0 Å². The van der Waals surface area contributed by atoms with E-state index in [1.165, 1.54) is 11.8 Å². The minimum atomic E-state index is -0.323. The average molecular weight is 409 g/mol. The number of hydrogen-bond donors (Lipinski definition) is 1. The number of fused-ring (bicyclic) bond motifs is 1. The number of thioether (sulfide) groups is 1. The molecule has 28 heavy (non-hydrogen) atoms. The summed E-state index contributed by atoms with van der Waals surface area (Å²) in [6, 6.07) is 14.2. The Hall–Kier alpha value is -2.97. The SMILES string of the molecule is CC(=O)Nc1ccc(N2C(=O)/C(=C3/C(=O)N(C)c4ccccc43)SC2=S)cc1. The number of thiocarbonyl (C=S) groups is 1. The molecule has 4 rings (SSSR count). The monoisotopic (exact) mass is 409 g/mol. The molecule has 3 amide bonds. The summed E-state index contributed by atoms with van der Waals surface area (Å²) in [5.74, 6) is -0.718. The molecular formula is C20H15N3O3S2. The molecule has 0 radical (unpaired) electrons. The number of nitrogens with one attached hydrogen (secondary N) is 1. The van der Waals surface area contributed by atoms with Crippen LogP contribution in [0, 0.1) is 0 Å². The number of hydrogen-bond acceptors (Lipinski definition) is 5. The maximum atomic E-state index is 13.1. The van der Waals surface area contributed by atoms with Crippen molar-refractivity contribution in [1.82, 2.24) is 0 Å². The van der Waals surface area contributed by atoms with Crippen LogP contribution in [0.25, 0.3) is 5.57 Å². The zero-order chi connectivity index (χ0) is 20.0. The molecular weight excluding hydrogens is 394 g/mol. The van der Waals surface area contributed by atoms with E-state index in [1.54, 1.807) is 36.2 Å². The number of anilines is 3. The van der Waals surface area contributed by atoms with Gasteiger partial charge in [-0.25, -0.2) is 0 Å². The van der Waals surface area contributed by atoms with Crippen molar-refractivity contribution < 1.29 is 14.4 Å². The number of carbonyl (C=O) groups is 3. The molecule has 0 aromatic heterocycles. The van der Waals surface area contributed by atoms with Gasteiger partial charge in [-0.1, -0.05) is 42.2 Å². The molecule has 0 atom stereocenters. The third-order valence-corrected chi connectivity index (χ3v) is 5.87. The fourth-order valence-corrected chi connectivity index (χ4v) is 4.60. The van der Waals surface area contributed by atoms with Crippen molar-refractivity contribution in [1.29, 1.82) is 0 Å². The molecule has 0 bridgehead atoms. The quantitative estimate of drug-likeness (QED) is 0.608. The number of nitrogens with zero attached hydrogens (tertiary/aromatic N) is 2. The molecule has 1 N–H and O–H groups in total. The third-order valence-electron chi connectivity index (χ3n) is 4.50. The number of carbonyl (C=O) groups excluding carboxylic acids is 3. The van der Waals surface area contributed by atoms with Gasteiger partial charge in [0.1, 0.15) is 0 Å². The first-order valence-corrected chi connectivity index (χ1v) is 9.66. The maximum Gasteiger partial charge on any atom is 0.271 e. The lowest BCUT2D eigenvalue weighted by Gasteiger charge is -2.15. The van der Waals surface area contributed by atoms with Crippen LogP contribution in [0.1, 0.15) is 12.5 Å². The third kappa shape index (κ3) is 2.90. The van der Waals surface area contributed by atoms with Crippen molar-refractivity contribution in [3.05, 3.63) is 59.0 Å². The Bertz CT molecular complexity index is 1080. The molecule has 0 unspecified atom stereocenters. The zero-order valence-corrected chi connectivity index (χ0v) is 16.7. The Morgan fingerprint density at radius 2 is 1.71 bits per heavy atom. The smallest absolute Gasteiger partial charge is 0.271 e. The molecule has 8 heteroatoms. The molecule has 2 aliphatic heterocycles. The van der Waals surface area contributed by atoms with Crippen LogP contribution in [0.4, 0.5) is 17.1 Å². The summed E-state index contributed by atoms with van der Waals surface area (Å²) in [7, 11) is 1.69. The topological polar surface area (TPSA) is 69.7 Å². The molecule has 0 saturated carbocycles. The maximum absolute atomic E-state index is 13.1. The standard InChI is InChI=1S/C20H15N3O3S2/c1-11(24)21-12-7-9-13(10-8-12)23-19(26)17(28-20(23)27)16-14-5-3-4-6-15(14)22(2)18(16)25/h3-10H,1-2H3,(H,21,24)/b17-16-. The van der Waals surface area contributed by atoms with E-state index in [2.05, 4.69) is 5.32 Å². The highest BCUT2D eigenvalue weighted by Gasteiger charge is 2.41. The van der Waals surface area contributed by atoms with Crippen LogP contribution < -0.4 is 15.1 Å². The number of likely N-dealkylation sites (N-methyl/N-ethyl adjacent to an activating group) is 1. The van der Waals surface area contributed by atoms with Crippen molar-refractivity contribution in [2.45, 2.75) is 6.92 Å². The number of benzene rings is 2. The van der Waals surface area contributed by atoms with Gasteiger partial charge in [-0.15, -0.1) is 0 Å². The van der Waals surface area contributed by atoms with Gasteiger partial charge in [0, 0.05) is 25.2 Å². The average Bonchev–Trinajstić information content (AvgIpc) is 3.09. The van der Waals surface area contributed by atoms with Crippen LogP contribution in [-0.2, 0) is 14.4 Å². The predicted molar refractivity (Wildman–Crippen MR) is 115 cm³/mol. The van der Waals surface area contributed by atoms with Gasteiger partial charge in [-0.2, -0.15) is 0 Å². The van der Waals surface area contributed by atoms with Gasteiger partial charge in [0.2, 0.25) is 5.91 Å². The van der Waals surface area contributed by atoms with Gasteiger partial charge in [0.25, 0.3) is 11.8 Å². The van der Waals surface area contributed by atoms with Crippen LogP contribution >= 0.6 is 24.0 Å². The Morgan fingerprint density at radius 1 is 1.04 bits per heavy atom. The summed E-state index contributed by atoms with van der Waals surface area (Å²) in [6.45, 7) is 1.43. The second-order valence-corrected chi connectivity index (χ2v) is 7.97. The van der Waals surface area contributed by atoms with Gasteiger partial charge in [-0.3, -0.25) is 19.3 Å². The van der Waals surface area contributed by atoms with Crippen molar-refractivity contribution in [3.8, 4) is 0 Å². The minimum Gasteiger partial charge on any atom is -0.326 e. The van der Waals surface area contributed by atoms with E-state index in [0.29, 0.717) is 26.2 Å². The van der Waals surface area contributed by atoms with Crippen LogP contribution in [0.2, 0.25) is 0 Å². The molecule has 6 nitrogen and oxygen atoms in total. The first-order valence-electron chi connectivity index (χ1n) is 8.44. The zero-order valence-electron chi connectivity index (χ0n) is 15.1. The van der Waals surface area contributed by atoms with E-state index in [1.807, 2.05) is 24.3 Å². The fourth-order valence-electron chi connectivity index (χ4n) is 3.23. The summed E-state index contributed by atoms with van der Waals surface area (Å²) in [4.78, 5) is 40.4. The number of para-hydroxylation sites is 1. The Kier molecular flexibility index (Phi) is 4.52.